The fourth-order valence-corrected chi connectivity index (χ4v) is 5.22. The maximum Gasteiger partial charge on any atom is 0.227 e. The van der Waals surface area contributed by atoms with Crippen LogP contribution in [-0.2, 0) is 5.41 Å². The summed E-state index contributed by atoms with van der Waals surface area (Å²) in [5, 5.41) is 2.25. The molecule has 0 radical (unpaired) electrons. The Balaban J connectivity index is 1.69. The van der Waals surface area contributed by atoms with E-state index in [2.05, 4.69) is 58.0 Å². The summed E-state index contributed by atoms with van der Waals surface area (Å²) in [6.07, 6.45) is 7.33. The minimum Gasteiger partial charge on any atom is -0.437 e. The largest absolute Gasteiger partial charge is 0.437 e. The lowest BCUT2D eigenvalue weighted by molar-refractivity contribution is 0.325. The van der Waals surface area contributed by atoms with Crippen LogP contribution in [0.1, 0.15) is 61.9 Å². The number of aryl methyl sites for hydroxylation is 3. The maximum atomic E-state index is 6.33. The van der Waals surface area contributed by atoms with Gasteiger partial charge in [0.25, 0.3) is 0 Å². The molecule has 1 aliphatic rings. The van der Waals surface area contributed by atoms with Crippen LogP contribution in [0.4, 0.5) is 0 Å². The molecule has 0 saturated heterocycles. The first-order valence-electron chi connectivity index (χ1n) is 11.1. The zero-order valence-electron chi connectivity index (χ0n) is 18.7. The van der Waals surface area contributed by atoms with Crippen LogP contribution < -0.4 is 0 Å². The molecular formula is C27H30N2O. The van der Waals surface area contributed by atoms with Crippen molar-refractivity contribution in [2.24, 2.45) is 5.92 Å². The second-order valence-electron chi connectivity index (χ2n) is 9.61. The van der Waals surface area contributed by atoms with E-state index in [1.807, 2.05) is 13.1 Å². The molecule has 3 nitrogen and oxygen atoms in total. The fourth-order valence-electron chi connectivity index (χ4n) is 5.22. The molecule has 5 rings (SSSR count). The third kappa shape index (κ3) is 2.94. The summed E-state index contributed by atoms with van der Waals surface area (Å²) < 4.78 is 6.33. The van der Waals surface area contributed by atoms with Crippen molar-refractivity contribution in [3.63, 3.8) is 0 Å². The van der Waals surface area contributed by atoms with Crippen LogP contribution in [0.15, 0.2) is 40.9 Å². The van der Waals surface area contributed by atoms with Crippen LogP contribution in [0.25, 0.3) is 33.3 Å². The highest BCUT2D eigenvalue weighted by atomic mass is 16.3. The number of fused-ring (bicyclic) bond motifs is 3. The van der Waals surface area contributed by atoms with Gasteiger partial charge in [-0.15, -0.1) is 0 Å². The summed E-state index contributed by atoms with van der Waals surface area (Å²) in [5.41, 5.74) is 8.57. The van der Waals surface area contributed by atoms with Crippen molar-refractivity contribution in [1.29, 1.82) is 0 Å². The molecule has 154 valence electrons. The topological polar surface area (TPSA) is 38.9 Å². The zero-order valence-corrected chi connectivity index (χ0v) is 18.7. The lowest BCUT2D eigenvalue weighted by Gasteiger charge is -2.32. The van der Waals surface area contributed by atoms with E-state index in [0.29, 0.717) is 5.71 Å². The molecule has 3 heteroatoms. The first-order valence-corrected chi connectivity index (χ1v) is 11.1. The minimum absolute atomic E-state index is 0.154. The third-order valence-electron chi connectivity index (χ3n) is 7.42. The number of rotatable bonds is 3. The van der Waals surface area contributed by atoms with E-state index in [-0.39, 0.29) is 5.41 Å². The Morgan fingerprint density at radius 2 is 1.73 bits per heavy atom. The molecule has 0 bridgehead atoms. The smallest absolute Gasteiger partial charge is 0.227 e. The Labute approximate surface area is 178 Å². The van der Waals surface area contributed by atoms with Gasteiger partial charge in [0.2, 0.25) is 5.71 Å². The monoisotopic (exact) mass is 398 g/mol. The van der Waals surface area contributed by atoms with Crippen molar-refractivity contribution < 1.29 is 4.42 Å². The molecule has 0 spiro atoms. The summed E-state index contributed by atoms with van der Waals surface area (Å²) in [5.74, 6) is 0.743. The molecule has 1 aromatic carbocycles. The van der Waals surface area contributed by atoms with Gasteiger partial charge in [-0.3, -0.25) is 4.98 Å². The van der Waals surface area contributed by atoms with Gasteiger partial charge in [0.1, 0.15) is 5.58 Å². The molecule has 1 fully saturated rings. The number of nitrogens with zero attached hydrogens (tertiary/aromatic N) is 2. The first kappa shape index (κ1) is 19.3. The highest BCUT2D eigenvalue weighted by Crippen LogP contribution is 2.43. The van der Waals surface area contributed by atoms with E-state index in [1.165, 1.54) is 42.4 Å². The summed E-state index contributed by atoms with van der Waals surface area (Å²) in [6.45, 7) is 11.1. The van der Waals surface area contributed by atoms with Crippen LogP contribution in [0, 0.1) is 26.7 Å². The zero-order chi connectivity index (χ0) is 21.0. The van der Waals surface area contributed by atoms with Crippen molar-refractivity contribution in [2.75, 3.05) is 0 Å². The SMILES string of the molecule is Cc1cc2c(nc1C)oc1c(-c3cc(C(C)(C)C4CCCC4)ccn3)ccc(C)c12. The lowest BCUT2D eigenvalue weighted by Crippen LogP contribution is -2.26. The number of benzene rings is 1. The number of furan rings is 1. The Morgan fingerprint density at radius 3 is 2.50 bits per heavy atom. The van der Waals surface area contributed by atoms with Gasteiger partial charge in [-0.25, -0.2) is 4.98 Å². The quantitative estimate of drug-likeness (QED) is 0.360. The van der Waals surface area contributed by atoms with Gasteiger partial charge in [0.15, 0.2) is 0 Å². The Hall–Kier alpha value is -2.68. The van der Waals surface area contributed by atoms with Crippen molar-refractivity contribution in [3.8, 4) is 11.3 Å². The van der Waals surface area contributed by atoms with Crippen LogP contribution >= 0.6 is 0 Å². The number of pyridine rings is 2. The first-order chi connectivity index (χ1) is 14.4. The van der Waals surface area contributed by atoms with Crippen molar-refractivity contribution in [1.82, 2.24) is 9.97 Å². The molecule has 0 amide bonds. The van der Waals surface area contributed by atoms with Crippen LogP contribution in [0.5, 0.6) is 0 Å². The van der Waals surface area contributed by atoms with E-state index in [0.717, 1.165) is 39.2 Å². The fraction of sp³-hybridized carbons (Fsp3) is 0.407. The standard InChI is InChI=1S/C27H30N2O/c1-16-10-11-21(25-24(16)22-14-17(2)18(3)29-26(22)30-25)23-15-20(12-13-28-23)27(4,5)19-8-6-7-9-19/h10-15,19H,6-9H2,1-5H3. The van der Waals surface area contributed by atoms with Gasteiger partial charge in [0, 0.05) is 28.2 Å². The summed E-state index contributed by atoms with van der Waals surface area (Å²) >= 11 is 0. The predicted molar refractivity (Wildman–Crippen MR) is 124 cm³/mol. The second kappa shape index (κ2) is 6.94. The summed E-state index contributed by atoms with van der Waals surface area (Å²) in [4.78, 5) is 9.46. The summed E-state index contributed by atoms with van der Waals surface area (Å²) in [6, 6.07) is 11.0. The van der Waals surface area contributed by atoms with E-state index in [1.54, 1.807) is 0 Å². The molecule has 1 aliphatic carbocycles. The molecule has 3 heterocycles. The number of aromatic nitrogens is 2. The molecule has 0 N–H and O–H groups in total. The van der Waals surface area contributed by atoms with E-state index >= 15 is 0 Å². The molecule has 30 heavy (non-hydrogen) atoms. The van der Waals surface area contributed by atoms with Crippen molar-refractivity contribution in [2.45, 2.75) is 65.7 Å². The number of hydrogen-bond donors (Lipinski definition) is 0. The molecule has 0 aliphatic heterocycles. The summed E-state index contributed by atoms with van der Waals surface area (Å²) in [7, 11) is 0. The average Bonchev–Trinajstić information content (AvgIpc) is 3.38. The van der Waals surface area contributed by atoms with Gasteiger partial charge in [-0.05, 0) is 85.9 Å². The van der Waals surface area contributed by atoms with Crippen LogP contribution in [0.2, 0.25) is 0 Å². The Bertz CT molecular complexity index is 1260. The number of hydrogen-bond acceptors (Lipinski definition) is 3. The Kier molecular flexibility index (Phi) is 4.46. The van der Waals surface area contributed by atoms with Gasteiger partial charge >= 0.3 is 0 Å². The molecular weight excluding hydrogens is 368 g/mol. The second-order valence-corrected chi connectivity index (χ2v) is 9.61. The van der Waals surface area contributed by atoms with Gasteiger partial charge in [0.05, 0.1) is 5.69 Å². The van der Waals surface area contributed by atoms with Crippen LogP contribution in [0.3, 0.4) is 0 Å². The third-order valence-corrected chi connectivity index (χ3v) is 7.42. The molecule has 0 unspecified atom stereocenters. The lowest BCUT2D eigenvalue weighted by atomic mass is 9.72. The molecule has 3 aromatic heterocycles. The molecule has 4 aromatic rings. The van der Waals surface area contributed by atoms with Gasteiger partial charge in [-0.2, -0.15) is 0 Å². The highest BCUT2D eigenvalue weighted by Gasteiger charge is 2.33. The Morgan fingerprint density at radius 1 is 0.967 bits per heavy atom. The van der Waals surface area contributed by atoms with Crippen LogP contribution in [-0.4, -0.2) is 9.97 Å². The molecule has 1 saturated carbocycles. The van der Waals surface area contributed by atoms with E-state index < -0.39 is 0 Å². The minimum atomic E-state index is 0.154. The average molecular weight is 399 g/mol. The highest BCUT2D eigenvalue weighted by molar-refractivity contribution is 6.10. The molecule has 0 atom stereocenters. The van der Waals surface area contributed by atoms with Gasteiger partial charge < -0.3 is 4.42 Å². The van der Waals surface area contributed by atoms with Crippen molar-refractivity contribution in [3.05, 3.63) is 58.9 Å². The van der Waals surface area contributed by atoms with Gasteiger partial charge in [-0.1, -0.05) is 32.8 Å². The van der Waals surface area contributed by atoms with E-state index in [9.17, 15) is 0 Å². The maximum absolute atomic E-state index is 6.33. The predicted octanol–water partition coefficient (Wildman–Crippen LogP) is 7.44. The van der Waals surface area contributed by atoms with Crippen molar-refractivity contribution >= 4 is 22.1 Å². The normalized spacial score (nSPS) is 15.5. The van der Waals surface area contributed by atoms with E-state index in [4.69, 9.17) is 14.4 Å².